The number of fused-ring (bicyclic) bond motifs is 1. The van der Waals surface area contributed by atoms with Crippen molar-refractivity contribution >= 4 is 17.3 Å². The Morgan fingerprint density at radius 3 is 2.75 bits per heavy atom. The molecule has 3 aromatic rings. The van der Waals surface area contributed by atoms with E-state index in [9.17, 15) is 10.1 Å². The van der Waals surface area contributed by atoms with E-state index in [4.69, 9.17) is 4.52 Å². The molecule has 0 N–H and O–H groups in total. The molecule has 1 aliphatic heterocycles. The predicted molar refractivity (Wildman–Crippen MR) is 85.1 cm³/mol. The molecule has 124 valence electrons. The van der Waals surface area contributed by atoms with E-state index in [0.717, 1.165) is 18.7 Å². The molecule has 4 rings (SSSR count). The second-order valence-corrected chi connectivity index (χ2v) is 5.88. The first-order chi connectivity index (χ1) is 11.6. The van der Waals surface area contributed by atoms with Crippen LogP contribution in [0, 0.1) is 17.0 Å². The van der Waals surface area contributed by atoms with Crippen LogP contribution < -0.4 is 4.90 Å². The fourth-order valence-electron chi connectivity index (χ4n) is 3.18. The molecular formula is C15H16N6O3. The number of anilines is 1. The fraction of sp³-hybridized carbons (Fsp3) is 0.400. The second-order valence-electron chi connectivity index (χ2n) is 5.88. The van der Waals surface area contributed by atoms with Crippen LogP contribution in [0.25, 0.3) is 5.65 Å². The number of nitro groups is 1. The summed E-state index contributed by atoms with van der Waals surface area (Å²) in [5, 5.41) is 15.5. The molecule has 24 heavy (non-hydrogen) atoms. The molecule has 1 fully saturated rings. The van der Waals surface area contributed by atoms with E-state index < -0.39 is 0 Å². The number of nitrogens with zero attached hydrogens (tertiary/aromatic N) is 6. The monoisotopic (exact) mass is 328 g/mol. The highest BCUT2D eigenvalue weighted by Crippen LogP contribution is 2.34. The van der Waals surface area contributed by atoms with Gasteiger partial charge in [-0.05, 0) is 23.8 Å². The Balaban J connectivity index is 1.60. The molecule has 3 aromatic heterocycles. The lowest BCUT2D eigenvalue weighted by Crippen LogP contribution is -2.33. The number of aromatic nitrogens is 4. The minimum absolute atomic E-state index is 0.0134. The van der Waals surface area contributed by atoms with E-state index in [1.165, 1.54) is 4.40 Å². The van der Waals surface area contributed by atoms with Crippen LogP contribution >= 0.6 is 0 Å². The molecule has 9 nitrogen and oxygen atoms in total. The zero-order valence-electron chi connectivity index (χ0n) is 13.1. The Kier molecular flexibility index (Phi) is 3.40. The van der Waals surface area contributed by atoms with Crippen molar-refractivity contribution < 1.29 is 9.45 Å². The third kappa shape index (κ3) is 2.38. The van der Waals surface area contributed by atoms with E-state index >= 15 is 0 Å². The van der Waals surface area contributed by atoms with Gasteiger partial charge in [0.25, 0.3) is 0 Å². The maximum absolute atomic E-state index is 11.5. The van der Waals surface area contributed by atoms with Crippen LogP contribution in [0.1, 0.15) is 30.5 Å². The topological polar surface area (TPSA) is 103 Å². The zero-order chi connectivity index (χ0) is 16.7. The quantitative estimate of drug-likeness (QED) is 0.537. The number of aryl methyl sites for hydroxylation is 1. The maximum Gasteiger partial charge on any atom is 0.372 e. The van der Waals surface area contributed by atoms with E-state index in [1.807, 2.05) is 11.0 Å². The number of hydrogen-bond acceptors (Lipinski definition) is 7. The molecule has 4 heterocycles. The van der Waals surface area contributed by atoms with E-state index in [-0.39, 0.29) is 16.7 Å². The molecule has 0 unspecified atom stereocenters. The summed E-state index contributed by atoms with van der Waals surface area (Å²) in [5.74, 6) is 1.93. The smallest absolute Gasteiger partial charge is 0.358 e. The van der Waals surface area contributed by atoms with Gasteiger partial charge in [0.15, 0.2) is 5.82 Å². The molecule has 1 aliphatic rings. The van der Waals surface area contributed by atoms with E-state index in [1.54, 1.807) is 25.3 Å². The summed E-state index contributed by atoms with van der Waals surface area (Å²) in [6, 6.07) is 5.35. The predicted octanol–water partition coefficient (Wildman–Crippen LogP) is 2.32. The van der Waals surface area contributed by atoms with Gasteiger partial charge < -0.3 is 19.5 Å². The molecule has 0 atom stereocenters. The molecule has 9 heteroatoms. The highest BCUT2D eigenvalue weighted by Gasteiger charge is 2.31. The molecule has 0 spiro atoms. The Hall–Kier alpha value is -2.97. The van der Waals surface area contributed by atoms with Gasteiger partial charge in [-0.2, -0.15) is 14.4 Å². The normalized spacial score (nSPS) is 16.0. The first-order valence-corrected chi connectivity index (χ1v) is 7.80. The SMILES string of the molecule is Cc1nc(C2CCN(c3nc4ccccn4c3[N+](=O)[O-])CC2)no1. The van der Waals surface area contributed by atoms with Gasteiger partial charge in [-0.25, -0.2) is 0 Å². The van der Waals surface area contributed by atoms with Crippen LogP contribution in [-0.2, 0) is 0 Å². The maximum atomic E-state index is 11.5. The van der Waals surface area contributed by atoms with Crippen LogP contribution in [0.2, 0.25) is 0 Å². The first kappa shape index (κ1) is 14.6. The van der Waals surface area contributed by atoms with Crippen LogP contribution in [0.3, 0.4) is 0 Å². The number of pyridine rings is 1. The van der Waals surface area contributed by atoms with E-state index in [0.29, 0.717) is 30.4 Å². The molecule has 0 aliphatic carbocycles. The highest BCUT2D eigenvalue weighted by molar-refractivity contribution is 5.63. The second kappa shape index (κ2) is 5.59. The molecular weight excluding hydrogens is 312 g/mol. The fourth-order valence-corrected chi connectivity index (χ4v) is 3.18. The summed E-state index contributed by atoms with van der Waals surface area (Å²) < 4.78 is 6.56. The minimum Gasteiger partial charge on any atom is -0.358 e. The van der Waals surface area contributed by atoms with Crippen molar-refractivity contribution in [2.45, 2.75) is 25.7 Å². The highest BCUT2D eigenvalue weighted by atomic mass is 16.6. The van der Waals surface area contributed by atoms with Gasteiger partial charge in [0.2, 0.25) is 17.4 Å². The Bertz CT molecular complexity index is 894. The van der Waals surface area contributed by atoms with Gasteiger partial charge in [-0.15, -0.1) is 0 Å². The van der Waals surface area contributed by atoms with Gasteiger partial charge in [-0.3, -0.25) is 0 Å². The summed E-state index contributed by atoms with van der Waals surface area (Å²) in [4.78, 5) is 21.9. The van der Waals surface area contributed by atoms with Gasteiger partial charge in [-0.1, -0.05) is 11.2 Å². The number of hydrogen-bond donors (Lipinski definition) is 0. The van der Waals surface area contributed by atoms with Gasteiger partial charge in [0, 0.05) is 32.0 Å². The standard InChI is InChI=1S/C15H16N6O3/c1-10-16-13(18-24-10)11-5-8-19(9-6-11)14-15(21(22)23)20-7-3-2-4-12(20)17-14/h2-4,7,11H,5-6,8-9H2,1H3. The summed E-state index contributed by atoms with van der Waals surface area (Å²) in [7, 11) is 0. The van der Waals surface area contributed by atoms with Crippen molar-refractivity contribution in [3.63, 3.8) is 0 Å². The molecule has 0 radical (unpaired) electrons. The Labute approximate surface area is 137 Å². The molecule has 0 amide bonds. The molecule has 0 bridgehead atoms. The largest absolute Gasteiger partial charge is 0.372 e. The van der Waals surface area contributed by atoms with Crippen molar-refractivity contribution in [3.05, 3.63) is 46.2 Å². The van der Waals surface area contributed by atoms with Crippen molar-refractivity contribution in [2.24, 2.45) is 0 Å². The Morgan fingerprint density at radius 2 is 2.08 bits per heavy atom. The van der Waals surface area contributed by atoms with Crippen molar-refractivity contribution in [3.8, 4) is 0 Å². The molecule has 0 aromatic carbocycles. The molecule has 1 saturated heterocycles. The summed E-state index contributed by atoms with van der Waals surface area (Å²) >= 11 is 0. The third-order valence-electron chi connectivity index (χ3n) is 4.36. The van der Waals surface area contributed by atoms with Gasteiger partial charge in [0.05, 0.1) is 6.20 Å². The Morgan fingerprint density at radius 1 is 1.29 bits per heavy atom. The minimum atomic E-state index is -0.371. The van der Waals surface area contributed by atoms with Gasteiger partial charge >= 0.3 is 5.82 Å². The lowest BCUT2D eigenvalue weighted by molar-refractivity contribution is -0.389. The van der Waals surface area contributed by atoms with Gasteiger partial charge in [0.1, 0.15) is 0 Å². The van der Waals surface area contributed by atoms with Crippen LogP contribution in [-0.4, -0.2) is 37.5 Å². The number of rotatable bonds is 3. The first-order valence-electron chi connectivity index (χ1n) is 7.80. The number of piperidine rings is 1. The third-order valence-corrected chi connectivity index (χ3v) is 4.36. The van der Waals surface area contributed by atoms with Crippen molar-refractivity contribution in [1.29, 1.82) is 0 Å². The van der Waals surface area contributed by atoms with E-state index in [2.05, 4.69) is 15.1 Å². The summed E-state index contributed by atoms with van der Waals surface area (Å²) in [5.41, 5.74) is 0.579. The molecule has 0 saturated carbocycles. The summed E-state index contributed by atoms with van der Waals surface area (Å²) in [6.45, 7) is 3.11. The van der Waals surface area contributed by atoms with Crippen LogP contribution in [0.4, 0.5) is 11.6 Å². The average molecular weight is 328 g/mol. The van der Waals surface area contributed by atoms with Crippen molar-refractivity contribution in [1.82, 2.24) is 19.5 Å². The number of imidazole rings is 1. The lowest BCUT2D eigenvalue weighted by atomic mass is 9.96. The lowest BCUT2D eigenvalue weighted by Gasteiger charge is -2.30. The van der Waals surface area contributed by atoms with Crippen LogP contribution in [0.15, 0.2) is 28.9 Å². The zero-order valence-corrected chi connectivity index (χ0v) is 13.1. The van der Waals surface area contributed by atoms with Crippen molar-refractivity contribution in [2.75, 3.05) is 18.0 Å². The van der Waals surface area contributed by atoms with Crippen LogP contribution in [0.5, 0.6) is 0 Å². The average Bonchev–Trinajstić information content (AvgIpc) is 3.18. The summed E-state index contributed by atoms with van der Waals surface area (Å²) in [6.07, 6.45) is 3.28.